The third kappa shape index (κ3) is 7.31. The fourth-order valence-corrected chi connectivity index (χ4v) is 3.90. The summed E-state index contributed by atoms with van der Waals surface area (Å²) in [5, 5.41) is 14.5. The summed E-state index contributed by atoms with van der Waals surface area (Å²) in [6.45, 7) is 4.42. The van der Waals surface area contributed by atoms with Gasteiger partial charge in [0.1, 0.15) is 30.5 Å². The first-order valence-electron chi connectivity index (χ1n) is 10.9. The Morgan fingerprint density at radius 3 is 2.60 bits per heavy atom. The van der Waals surface area contributed by atoms with Gasteiger partial charge in [0.25, 0.3) is 0 Å². The number of methoxy groups -OCH3 is 1. The molecule has 1 fully saturated rings. The van der Waals surface area contributed by atoms with Crippen molar-refractivity contribution in [3.8, 4) is 11.5 Å². The summed E-state index contributed by atoms with van der Waals surface area (Å²) in [6.07, 6.45) is 7.41. The van der Waals surface area contributed by atoms with Crippen molar-refractivity contribution in [1.82, 2.24) is 15.0 Å². The number of likely N-dealkylation sites (tertiary alicyclic amines) is 1. The summed E-state index contributed by atoms with van der Waals surface area (Å²) < 4.78 is 16.3. The molecule has 1 aliphatic rings. The molecule has 1 aromatic carbocycles. The molecule has 0 aliphatic carbocycles. The second-order valence-electron chi connectivity index (χ2n) is 8.17. The normalized spacial score (nSPS) is 16.8. The highest BCUT2D eigenvalue weighted by atomic mass is 16.5. The van der Waals surface area contributed by atoms with Gasteiger partial charge in [-0.15, -0.1) is 0 Å². The molecule has 166 valence electrons. The van der Waals surface area contributed by atoms with E-state index in [1.54, 1.807) is 13.4 Å². The first-order chi connectivity index (χ1) is 14.6. The number of hydrogen-bond acceptors (Lipinski definition) is 7. The molecule has 3 rings (SSSR count). The summed E-state index contributed by atoms with van der Waals surface area (Å²) in [4.78, 5) is 4.51. The van der Waals surface area contributed by atoms with Gasteiger partial charge in [-0.1, -0.05) is 30.5 Å². The predicted octanol–water partition coefficient (Wildman–Crippen LogP) is 3.32. The number of aliphatic hydroxyl groups is 1. The number of β-amino-alcohol motifs (C(OH)–C–C–N with tert-alkyl or cyclic N) is 1. The molecule has 1 aliphatic heterocycles. The van der Waals surface area contributed by atoms with Crippen LogP contribution in [-0.4, -0.2) is 66.6 Å². The van der Waals surface area contributed by atoms with E-state index in [4.69, 9.17) is 14.0 Å². The molecule has 0 amide bonds. The molecule has 1 aromatic heterocycles. The fourth-order valence-electron chi connectivity index (χ4n) is 3.90. The van der Waals surface area contributed by atoms with Gasteiger partial charge in [-0.25, -0.2) is 0 Å². The molecular formula is C23H35N3O4. The number of ether oxygens (including phenoxy) is 2. The number of rotatable bonds is 10. The van der Waals surface area contributed by atoms with Gasteiger partial charge in [0.05, 0.1) is 12.8 Å². The summed E-state index contributed by atoms with van der Waals surface area (Å²) in [7, 11) is 3.67. The monoisotopic (exact) mass is 417 g/mol. The molecule has 2 heterocycles. The molecule has 0 radical (unpaired) electrons. The van der Waals surface area contributed by atoms with E-state index in [1.165, 1.54) is 32.1 Å². The zero-order valence-electron chi connectivity index (χ0n) is 18.3. The van der Waals surface area contributed by atoms with E-state index in [2.05, 4.69) is 15.0 Å². The molecule has 7 heteroatoms. The van der Waals surface area contributed by atoms with Gasteiger partial charge in [0.2, 0.25) is 0 Å². The number of aromatic nitrogens is 1. The summed E-state index contributed by atoms with van der Waals surface area (Å²) in [6, 6.07) is 7.70. The maximum atomic E-state index is 10.6. The molecule has 7 nitrogen and oxygen atoms in total. The number of hydrogen-bond donors (Lipinski definition) is 1. The Labute approximate surface area is 179 Å². The minimum Gasteiger partial charge on any atom is -0.497 e. The molecule has 1 atom stereocenters. The van der Waals surface area contributed by atoms with E-state index >= 15 is 0 Å². The predicted molar refractivity (Wildman–Crippen MR) is 116 cm³/mol. The van der Waals surface area contributed by atoms with E-state index in [0.29, 0.717) is 19.6 Å². The van der Waals surface area contributed by atoms with Crippen LogP contribution in [0.1, 0.15) is 43.4 Å². The second kappa shape index (κ2) is 11.9. The van der Waals surface area contributed by atoms with Crippen molar-refractivity contribution in [2.24, 2.45) is 0 Å². The molecular weight excluding hydrogens is 382 g/mol. The molecule has 0 spiro atoms. The molecule has 1 N–H and O–H groups in total. The molecule has 1 saturated heterocycles. The number of benzene rings is 1. The molecule has 30 heavy (non-hydrogen) atoms. The lowest BCUT2D eigenvalue weighted by Gasteiger charge is -2.27. The number of nitrogens with zero attached hydrogens (tertiary/aromatic N) is 3. The quantitative estimate of drug-likeness (QED) is 0.636. The van der Waals surface area contributed by atoms with Crippen molar-refractivity contribution in [3.05, 3.63) is 41.8 Å². The standard InChI is InChI=1S/C23H35N3O4/c1-25(16-20-10-13-30-24-20)15-19-8-9-22(28-2)14-23(19)29-18-21(27)17-26-11-6-4-3-5-7-12-26/h8-10,13-14,21,27H,3-7,11-12,15-18H2,1-2H3. The van der Waals surface area contributed by atoms with E-state index in [0.717, 1.165) is 35.8 Å². The van der Waals surface area contributed by atoms with Crippen molar-refractivity contribution in [2.75, 3.05) is 40.4 Å². The smallest absolute Gasteiger partial charge is 0.127 e. The van der Waals surface area contributed by atoms with E-state index in [-0.39, 0.29) is 6.61 Å². The van der Waals surface area contributed by atoms with Crippen LogP contribution in [-0.2, 0) is 13.1 Å². The average Bonchev–Trinajstić information content (AvgIpc) is 3.22. The topological polar surface area (TPSA) is 71.2 Å². The van der Waals surface area contributed by atoms with Crippen molar-refractivity contribution < 1.29 is 19.1 Å². The van der Waals surface area contributed by atoms with Gasteiger partial charge >= 0.3 is 0 Å². The van der Waals surface area contributed by atoms with E-state index in [9.17, 15) is 5.11 Å². The Bertz CT molecular complexity index is 730. The van der Waals surface area contributed by atoms with Crippen molar-refractivity contribution in [1.29, 1.82) is 0 Å². The molecule has 1 unspecified atom stereocenters. The maximum absolute atomic E-state index is 10.6. The lowest BCUT2D eigenvalue weighted by molar-refractivity contribution is 0.0647. The van der Waals surface area contributed by atoms with Gasteiger partial charge < -0.3 is 24.0 Å². The van der Waals surface area contributed by atoms with E-state index < -0.39 is 6.10 Å². The average molecular weight is 418 g/mol. The minimum atomic E-state index is -0.517. The Morgan fingerprint density at radius 2 is 1.90 bits per heavy atom. The van der Waals surface area contributed by atoms with Gasteiger partial charge in [-0.3, -0.25) is 4.90 Å². The largest absolute Gasteiger partial charge is 0.497 e. The lowest BCUT2D eigenvalue weighted by Crippen LogP contribution is -2.37. The van der Waals surface area contributed by atoms with Crippen molar-refractivity contribution >= 4 is 0 Å². The molecule has 0 saturated carbocycles. The van der Waals surface area contributed by atoms with Crippen LogP contribution < -0.4 is 9.47 Å². The maximum Gasteiger partial charge on any atom is 0.127 e. The zero-order valence-corrected chi connectivity index (χ0v) is 18.3. The van der Waals surface area contributed by atoms with Crippen LogP contribution in [0.2, 0.25) is 0 Å². The fraction of sp³-hybridized carbons (Fsp3) is 0.609. The van der Waals surface area contributed by atoms with Gasteiger partial charge in [-0.2, -0.15) is 0 Å². The summed E-state index contributed by atoms with van der Waals surface area (Å²) >= 11 is 0. The van der Waals surface area contributed by atoms with Crippen LogP contribution in [0, 0.1) is 0 Å². The minimum absolute atomic E-state index is 0.268. The third-order valence-corrected chi connectivity index (χ3v) is 5.49. The van der Waals surface area contributed by atoms with Crippen LogP contribution in [0.3, 0.4) is 0 Å². The van der Waals surface area contributed by atoms with Crippen LogP contribution in [0.25, 0.3) is 0 Å². The van der Waals surface area contributed by atoms with E-state index in [1.807, 2.05) is 31.3 Å². The number of aliphatic hydroxyl groups excluding tert-OH is 1. The summed E-state index contributed by atoms with van der Waals surface area (Å²) in [5.41, 5.74) is 1.93. The SMILES string of the molecule is COc1ccc(CN(C)Cc2ccon2)c(OCC(O)CN2CCCCCCC2)c1. The highest BCUT2D eigenvalue weighted by Gasteiger charge is 2.16. The Kier molecular flexibility index (Phi) is 8.99. The van der Waals surface area contributed by atoms with Crippen LogP contribution in [0.15, 0.2) is 35.1 Å². The highest BCUT2D eigenvalue weighted by molar-refractivity contribution is 5.40. The Morgan fingerprint density at radius 1 is 1.13 bits per heavy atom. The first-order valence-corrected chi connectivity index (χ1v) is 10.9. The van der Waals surface area contributed by atoms with Gasteiger partial charge in [0, 0.05) is 37.3 Å². The third-order valence-electron chi connectivity index (χ3n) is 5.49. The van der Waals surface area contributed by atoms with Gasteiger partial charge in [0.15, 0.2) is 0 Å². The van der Waals surface area contributed by atoms with Crippen molar-refractivity contribution in [3.63, 3.8) is 0 Å². The Hall–Kier alpha value is -2.09. The highest BCUT2D eigenvalue weighted by Crippen LogP contribution is 2.26. The van der Waals surface area contributed by atoms with Crippen LogP contribution in [0.4, 0.5) is 0 Å². The second-order valence-corrected chi connectivity index (χ2v) is 8.17. The van der Waals surface area contributed by atoms with Crippen LogP contribution in [0.5, 0.6) is 11.5 Å². The first kappa shape index (κ1) is 22.6. The van der Waals surface area contributed by atoms with Crippen molar-refractivity contribution in [2.45, 2.75) is 51.3 Å². The lowest BCUT2D eigenvalue weighted by atomic mass is 10.1. The Balaban J connectivity index is 1.56. The molecule has 0 bridgehead atoms. The van der Waals surface area contributed by atoms with Crippen LogP contribution >= 0.6 is 0 Å². The zero-order chi connectivity index (χ0) is 21.2. The summed E-state index contributed by atoms with van der Waals surface area (Å²) in [5.74, 6) is 1.49. The molecule has 2 aromatic rings. The van der Waals surface area contributed by atoms with Gasteiger partial charge in [-0.05, 0) is 39.0 Å².